The van der Waals surface area contributed by atoms with Gasteiger partial charge in [0.25, 0.3) is 0 Å². The van der Waals surface area contributed by atoms with Gasteiger partial charge in [-0.25, -0.2) is 8.42 Å². The van der Waals surface area contributed by atoms with Crippen molar-refractivity contribution >= 4 is 37.3 Å². The van der Waals surface area contributed by atoms with Crippen LogP contribution in [0.3, 0.4) is 0 Å². The minimum absolute atomic E-state index is 0.00693. The Morgan fingerprint density at radius 1 is 1.20 bits per heavy atom. The van der Waals surface area contributed by atoms with E-state index in [2.05, 4.69) is 25.6 Å². The number of benzene rings is 1. The second-order valence-electron chi connectivity index (χ2n) is 4.26. The van der Waals surface area contributed by atoms with Crippen molar-refractivity contribution in [2.45, 2.75) is 6.42 Å². The van der Waals surface area contributed by atoms with Gasteiger partial charge >= 0.3 is 0 Å². The molecule has 0 aliphatic carbocycles. The van der Waals surface area contributed by atoms with Crippen molar-refractivity contribution in [1.82, 2.24) is 4.98 Å². The fraction of sp³-hybridized carbons (Fsp3) is 0.154. The summed E-state index contributed by atoms with van der Waals surface area (Å²) in [5, 5.41) is 0. The number of nitrogens with one attached hydrogen (secondary N) is 1. The number of sulfonamides is 1. The van der Waals surface area contributed by atoms with Gasteiger partial charge in [-0.3, -0.25) is 9.71 Å². The SMILES string of the molecule is Nc1cc(NS(=O)(=O)CCc2ccncc2)ccc1Br. The predicted octanol–water partition coefficient (Wildman–Crippen LogP) is 2.41. The van der Waals surface area contributed by atoms with E-state index in [1.165, 1.54) is 0 Å². The van der Waals surface area contributed by atoms with Gasteiger partial charge < -0.3 is 5.73 Å². The summed E-state index contributed by atoms with van der Waals surface area (Å²) in [5.41, 5.74) is 7.59. The van der Waals surface area contributed by atoms with E-state index in [4.69, 9.17) is 5.73 Å². The number of pyridine rings is 1. The first-order valence-electron chi connectivity index (χ1n) is 5.91. The molecular formula is C13H14BrN3O2S. The van der Waals surface area contributed by atoms with Gasteiger partial charge in [-0.15, -0.1) is 0 Å². The number of aromatic nitrogens is 1. The molecule has 7 heteroatoms. The molecule has 0 radical (unpaired) electrons. The maximum absolute atomic E-state index is 12.0. The number of rotatable bonds is 5. The van der Waals surface area contributed by atoms with E-state index in [-0.39, 0.29) is 5.75 Å². The third kappa shape index (κ3) is 4.21. The second-order valence-corrected chi connectivity index (χ2v) is 6.96. The summed E-state index contributed by atoms with van der Waals surface area (Å²) in [6, 6.07) is 8.54. The van der Waals surface area contributed by atoms with Gasteiger partial charge in [0.05, 0.1) is 11.4 Å². The number of hydrogen-bond acceptors (Lipinski definition) is 4. The molecule has 0 atom stereocenters. The molecule has 0 spiro atoms. The minimum Gasteiger partial charge on any atom is -0.398 e. The predicted molar refractivity (Wildman–Crippen MR) is 83.9 cm³/mol. The average Bonchev–Trinajstić information content (AvgIpc) is 2.42. The maximum Gasteiger partial charge on any atom is 0.233 e. The molecule has 2 aromatic rings. The zero-order valence-corrected chi connectivity index (χ0v) is 13.0. The zero-order valence-electron chi connectivity index (χ0n) is 10.6. The molecule has 0 aliphatic heterocycles. The summed E-state index contributed by atoms with van der Waals surface area (Å²) in [5.74, 6) is 0.00693. The van der Waals surface area contributed by atoms with Crippen LogP contribution in [0.2, 0.25) is 0 Å². The van der Waals surface area contributed by atoms with Crippen molar-refractivity contribution in [2.24, 2.45) is 0 Å². The molecule has 1 heterocycles. The molecule has 0 saturated heterocycles. The number of halogens is 1. The molecule has 2 rings (SSSR count). The number of nitrogens with two attached hydrogens (primary N) is 1. The molecule has 0 saturated carbocycles. The van der Waals surface area contributed by atoms with Gasteiger partial charge in [0.2, 0.25) is 10.0 Å². The van der Waals surface area contributed by atoms with Gasteiger partial charge in [-0.1, -0.05) is 0 Å². The molecule has 5 nitrogen and oxygen atoms in total. The van der Waals surface area contributed by atoms with Crippen LogP contribution >= 0.6 is 15.9 Å². The average molecular weight is 356 g/mol. The zero-order chi connectivity index (χ0) is 14.6. The van der Waals surface area contributed by atoms with Crippen molar-refractivity contribution in [3.05, 3.63) is 52.8 Å². The Morgan fingerprint density at radius 3 is 2.55 bits per heavy atom. The summed E-state index contributed by atoms with van der Waals surface area (Å²) < 4.78 is 27.2. The van der Waals surface area contributed by atoms with Crippen LogP contribution in [-0.2, 0) is 16.4 Å². The molecule has 1 aromatic carbocycles. The van der Waals surface area contributed by atoms with E-state index in [1.807, 2.05) is 0 Å². The molecule has 3 N–H and O–H groups in total. The van der Waals surface area contributed by atoms with Crippen LogP contribution in [0.1, 0.15) is 5.56 Å². The first-order valence-corrected chi connectivity index (χ1v) is 8.35. The summed E-state index contributed by atoms with van der Waals surface area (Å²) in [6.45, 7) is 0. The molecule has 1 aromatic heterocycles. The Kier molecular flexibility index (Phi) is 4.61. The van der Waals surface area contributed by atoms with Crippen LogP contribution in [0, 0.1) is 0 Å². The van der Waals surface area contributed by atoms with Crippen molar-refractivity contribution in [1.29, 1.82) is 0 Å². The molecule has 0 amide bonds. The highest BCUT2D eigenvalue weighted by atomic mass is 79.9. The fourth-order valence-corrected chi connectivity index (χ4v) is 2.98. The third-order valence-corrected chi connectivity index (χ3v) is 4.69. The molecule has 0 fully saturated rings. The summed E-state index contributed by atoms with van der Waals surface area (Å²) in [7, 11) is -3.40. The third-order valence-electron chi connectivity index (χ3n) is 2.68. The van der Waals surface area contributed by atoms with Crippen LogP contribution in [-0.4, -0.2) is 19.2 Å². The standard InChI is InChI=1S/C13H14BrN3O2S/c14-12-2-1-11(9-13(12)15)17-20(18,19)8-5-10-3-6-16-7-4-10/h1-4,6-7,9,17H,5,8,15H2. The maximum atomic E-state index is 12.0. The van der Waals surface area contributed by atoms with Crippen molar-refractivity contribution in [3.63, 3.8) is 0 Å². The van der Waals surface area contributed by atoms with E-state index in [9.17, 15) is 8.42 Å². The van der Waals surface area contributed by atoms with Crippen LogP contribution in [0.4, 0.5) is 11.4 Å². The quantitative estimate of drug-likeness (QED) is 0.806. The van der Waals surface area contributed by atoms with Crippen LogP contribution in [0.25, 0.3) is 0 Å². The minimum atomic E-state index is -3.40. The fourth-order valence-electron chi connectivity index (χ4n) is 1.64. The smallest absolute Gasteiger partial charge is 0.233 e. The largest absolute Gasteiger partial charge is 0.398 e. The van der Waals surface area contributed by atoms with Gasteiger partial charge in [-0.05, 0) is 58.2 Å². The van der Waals surface area contributed by atoms with Gasteiger partial charge in [-0.2, -0.15) is 0 Å². The lowest BCUT2D eigenvalue weighted by atomic mass is 10.2. The summed E-state index contributed by atoms with van der Waals surface area (Å²) in [4.78, 5) is 3.89. The van der Waals surface area contributed by atoms with Crippen molar-refractivity contribution in [3.8, 4) is 0 Å². The van der Waals surface area contributed by atoms with Crippen LogP contribution < -0.4 is 10.5 Å². The van der Waals surface area contributed by atoms with E-state index < -0.39 is 10.0 Å². The number of anilines is 2. The van der Waals surface area contributed by atoms with Crippen molar-refractivity contribution < 1.29 is 8.42 Å². The first-order chi connectivity index (χ1) is 9.46. The Morgan fingerprint density at radius 2 is 1.90 bits per heavy atom. The molecule has 20 heavy (non-hydrogen) atoms. The molecule has 106 valence electrons. The Bertz CT molecular complexity index is 690. The Balaban J connectivity index is 2.02. The number of hydrogen-bond donors (Lipinski definition) is 2. The van der Waals surface area contributed by atoms with Gasteiger partial charge in [0.1, 0.15) is 0 Å². The Hall–Kier alpha value is -1.60. The van der Waals surface area contributed by atoms with Gasteiger partial charge in [0, 0.05) is 22.6 Å². The van der Waals surface area contributed by atoms with E-state index >= 15 is 0 Å². The monoisotopic (exact) mass is 355 g/mol. The van der Waals surface area contributed by atoms with Gasteiger partial charge in [0.15, 0.2) is 0 Å². The summed E-state index contributed by atoms with van der Waals surface area (Å²) >= 11 is 3.26. The second kappa shape index (κ2) is 6.23. The number of nitrogens with zero attached hydrogens (tertiary/aromatic N) is 1. The first kappa shape index (κ1) is 14.8. The highest BCUT2D eigenvalue weighted by Gasteiger charge is 2.11. The summed E-state index contributed by atoms with van der Waals surface area (Å²) in [6.07, 6.45) is 3.72. The van der Waals surface area contributed by atoms with Crippen molar-refractivity contribution in [2.75, 3.05) is 16.2 Å². The van der Waals surface area contributed by atoms with Crippen LogP contribution in [0.5, 0.6) is 0 Å². The lowest BCUT2D eigenvalue weighted by Gasteiger charge is -2.09. The van der Waals surface area contributed by atoms with E-state index in [0.29, 0.717) is 17.8 Å². The topological polar surface area (TPSA) is 85.1 Å². The molecule has 0 bridgehead atoms. The molecule has 0 unspecified atom stereocenters. The lowest BCUT2D eigenvalue weighted by Crippen LogP contribution is -2.18. The highest BCUT2D eigenvalue weighted by molar-refractivity contribution is 9.10. The lowest BCUT2D eigenvalue weighted by molar-refractivity contribution is 0.600. The van der Waals surface area contributed by atoms with E-state index in [0.717, 1.165) is 10.0 Å². The molecular weight excluding hydrogens is 342 g/mol. The number of nitrogen functional groups attached to an aromatic ring is 1. The highest BCUT2D eigenvalue weighted by Crippen LogP contribution is 2.23. The van der Waals surface area contributed by atoms with Crippen LogP contribution in [0.15, 0.2) is 47.2 Å². The normalized spacial score (nSPS) is 11.2. The van der Waals surface area contributed by atoms with E-state index in [1.54, 1.807) is 42.7 Å². The Labute approximate surface area is 126 Å². The number of aryl methyl sites for hydroxylation is 1. The molecule has 0 aliphatic rings.